The van der Waals surface area contributed by atoms with Crippen molar-refractivity contribution < 1.29 is 9.59 Å². The number of amides is 2. The summed E-state index contributed by atoms with van der Waals surface area (Å²) in [6.45, 7) is 1.92. The molecule has 0 atom stereocenters. The van der Waals surface area contributed by atoms with Crippen molar-refractivity contribution in [2.75, 3.05) is 6.54 Å². The van der Waals surface area contributed by atoms with Gasteiger partial charge in [0.25, 0.3) is 11.8 Å². The number of carbonyl (C=O) groups is 2. The number of hydrazone groups is 1. The molecule has 0 unspecified atom stereocenters. The van der Waals surface area contributed by atoms with E-state index in [0.29, 0.717) is 27.6 Å². The summed E-state index contributed by atoms with van der Waals surface area (Å²) in [5, 5.41) is 7.43. The predicted molar refractivity (Wildman–Crippen MR) is 81.9 cm³/mol. The first-order chi connectivity index (χ1) is 10.1. The Kier molecular flexibility index (Phi) is 3.26. The second kappa shape index (κ2) is 5.10. The SMILES string of the molecule is C/C=C1/NC(=S)NN=C1CN1C(=O)c2ccccc2C1=O. The van der Waals surface area contributed by atoms with E-state index < -0.39 is 0 Å². The van der Waals surface area contributed by atoms with Crippen LogP contribution in [0.3, 0.4) is 0 Å². The number of nitrogens with zero attached hydrogens (tertiary/aromatic N) is 2. The highest BCUT2D eigenvalue weighted by molar-refractivity contribution is 7.80. The van der Waals surface area contributed by atoms with Gasteiger partial charge in [-0.3, -0.25) is 19.9 Å². The Morgan fingerprint density at radius 2 is 1.86 bits per heavy atom. The second-order valence-electron chi connectivity index (χ2n) is 4.57. The molecule has 0 aromatic heterocycles. The minimum atomic E-state index is -0.304. The van der Waals surface area contributed by atoms with E-state index in [1.54, 1.807) is 30.3 Å². The maximum absolute atomic E-state index is 12.3. The molecule has 2 aliphatic heterocycles. The summed E-state index contributed by atoms with van der Waals surface area (Å²) in [6.07, 6.45) is 1.80. The summed E-state index contributed by atoms with van der Waals surface area (Å²) in [5.74, 6) is -0.608. The molecule has 106 valence electrons. The first kappa shape index (κ1) is 13.4. The number of rotatable bonds is 2. The van der Waals surface area contributed by atoms with Gasteiger partial charge in [-0.2, -0.15) is 5.10 Å². The summed E-state index contributed by atoms with van der Waals surface area (Å²) < 4.78 is 0. The zero-order chi connectivity index (χ0) is 15.0. The zero-order valence-corrected chi connectivity index (χ0v) is 12.0. The van der Waals surface area contributed by atoms with Crippen LogP contribution in [0, 0.1) is 0 Å². The number of fused-ring (bicyclic) bond motifs is 1. The van der Waals surface area contributed by atoms with E-state index in [4.69, 9.17) is 12.2 Å². The van der Waals surface area contributed by atoms with Crippen molar-refractivity contribution in [2.24, 2.45) is 5.10 Å². The fourth-order valence-electron chi connectivity index (χ4n) is 2.29. The lowest BCUT2D eigenvalue weighted by Crippen LogP contribution is -2.45. The summed E-state index contributed by atoms with van der Waals surface area (Å²) >= 11 is 4.97. The van der Waals surface area contributed by atoms with Gasteiger partial charge < -0.3 is 5.32 Å². The van der Waals surface area contributed by atoms with Crippen LogP contribution < -0.4 is 10.7 Å². The molecule has 2 heterocycles. The molecule has 0 aliphatic carbocycles. The highest BCUT2D eigenvalue weighted by atomic mass is 32.1. The Bertz CT molecular complexity index is 688. The summed E-state index contributed by atoms with van der Waals surface area (Å²) in [4.78, 5) is 25.8. The van der Waals surface area contributed by atoms with Gasteiger partial charge in [0.15, 0.2) is 5.11 Å². The third-order valence-corrected chi connectivity index (χ3v) is 3.52. The van der Waals surface area contributed by atoms with Crippen molar-refractivity contribution in [3.05, 3.63) is 47.2 Å². The zero-order valence-electron chi connectivity index (χ0n) is 11.2. The van der Waals surface area contributed by atoms with E-state index in [0.717, 1.165) is 0 Å². The van der Waals surface area contributed by atoms with Gasteiger partial charge in [-0.05, 0) is 31.3 Å². The van der Waals surface area contributed by atoms with E-state index >= 15 is 0 Å². The maximum atomic E-state index is 12.3. The fraction of sp³-hybridized carbons (Fsp3) is 0.143. The monoisotopic (exact) mass is 300 g/mol. The molecule has 3 rings (SSSR count). The number of carbonyl (C=O) groups excluding carboxylic acids is 2. The normalized spacial score (nSPS) is 19.3. The topological polar surface area (TPSA) is 73.8 Å². The molecule has 2 N–H and O–H groups in total. The molecule has 6 nitrogen and oxygen atoms in total. The van der Waals surface area contributed by atoms with Gasteiger partial charge in [-0.15, -0.1) is 0 Å². The number of nitrogens with one attached hydrogen (secondary N) is 2. The third-order valence-electron chi connectivity index (χ3n) is 3.33. The van der Waals surface area contributed by atoms with Crippen LogP contribution >= 0.6 is 12.2 Å². The van der Waals surface area contributed by atoms with Gasteiger partial charge in [0.05, 0.1) is 23.4 Å². The molecule has 7 heteroatoms. The number of benzene rings is 1. The molecule has 2 aliphatic rings. The van der Waals surface area contributed by atoms with Crippen LogP contribution in [0.15, 0.2) is 41.1 Å². The number of allylic oxidation sites excluding steroid dienone is 1. The quantitative estimate of drug-likeness (QED) is 0.630. The predicted octanol–water partition coefficient (Wildman–Crippen LogP) is 1.02. The molecule has 0 fully saturated rings. The van der Waals surface area contributed by atoms with Crippen LogP contribution in [-0.2, 0) is 0 Å². The molecule has 0 radical (unpaired) electrons. The number of thiocarbonyl (C=S) groups is 1. The second-order valence-corrected chi connectivity index (χ2v) is 4.98. The van der Waals surface area contributed by atoms with E-state index in [9.17, 15) is 9.59 Å². The van der Waals surface area contributed by atoms with Crippen molar-refractivity contribution in [3.63, 3.8) is 0 Å². The lowest BCUT2D eigenvalue weighted by Gasteiger charge is -2.22. The Morgan fingerprint density at radius 3 is 2.43 bits per heavy atom. The number of imide groups is 1. The smallest absolute Gasteiger partial charge is 0.261 e. The van der Waals surface area contributed by atoms with Gasteiger partial charge in [-0.1, -0.05) is 18.2 Å². The molecule has 0 saturated carbocycles. The highest BCUT2D eigenvalue weighted by Gasteiger charge is 2.36. The molecule has 1 aromatic rings. The molecule has 1 aromatic carbocycles. The van der Waals surface area contributed by atoms with Crippen molar-refractivity contribution in [3.8, 4) is 0 Å². The molecule has 0 saturated heterocycles. The van der Waals surface area contributed by atoms with E-state index in [1.165, 1.54) is 4.90 Å². The molecule has 21 heavy (non-hydrogen) atoms. The lowest BCUT2D eigenvalue weighted by atomic mass is 10.1. The Hall–Kier alpha value is -2.54. The highest BCUT2D eigenvalue weighted by Crippen LogP contribution is 2.22. The van der Waals surface area contributed by atoms with E-state index in [2.05, 4.69) is 15.8 Å². The van der Waals surface area contributed by atoms with Crippen LogP contribution in [0.5, 0.6) is 0 Å². The van der Waals surface area contributed by atoms with Crippen molar-refractivity contribution >= 4 is 34.9 Å². The molecular formula is C14H12N4O2S. The minimum absolute atomic E-state index is 0.0919. The van der Waals surface area contributed by atoms with Crippen molar-refractivity contribution in [1.29, 1.82) is 0 Å². The largest absolute Gasteiger partial charge is 0.330 e. The van der Waals surface area contributed by atoms with Gasteiger partial charge in [0.1, 0.15) is 5.71 Å². The van der Waals surface area contributed by atoms with Crippen LogP contribution in [0.4, 0.5) is 0 Å². The molecule has 2 amide bonds. The minimum Gasteiger partial charge on any atom is -0.330 e. The molecule has 0 bridgehead atoms. The third kappa shape index (κ3) is 2.21. The molecular weight excluding hydrogens is 288 g/mol. The lowest BCUT2D eigenvalue weighted by molar-refractivity contribution is 0.0677. The summed E-state index contributed by atoms with van der Waals surface area (Å²) in [5.41, 5.74) is 4.74. The van der Waals surface area contributed by atoms with Crippen molar-refractivity contribution in [1.82, 2.24) is 15.6 Å². The van der Waals surface area contributed by atoms with Gasteiger partial charge in [-0.25, -0.2) is 0 Å². The standard InChI is InChI=1S/C14H12N4O2S/c1-2-10-11(16-17-14(21)15-10)7-18-12(19)8-5-3-4-6-9(8)13(18)20/h2-6H,7H2,1H3,(H2,15,17,21)/b10-2+. The maximum Gasteiger partial charge on any atom is 0.261 e. The van der Waals surface area contributed by atoms with Gasteiger partial charge >= 0.3 is 0 Å². The van der Waals surface area contributed by atoms with E-state index in [1.807, 2.05) is 6.92 Å². The summed E-state index contributed by atoms with van der Waals surface area (Å²) in [7, 11) is 0. The summed E-state index contributed by atoms with van der Waals surface area (Å²) in [6, 6.07) is 6.79. The Balaban J connectivity index is 1.89. The van der Waals surface area contributed by atoms with Crippen LogP contribution in [-0.4, -0.2) is 34.1 Å². The Morgan fingerprint density at radius 1 is 1.24 bits per heavy atom. The van der Waals surface area contributed by atoms with Crippen LogP contribution in [0.2, 0.25) is 0 Å². The van der Waals surface area contributed by atoms with E-state index in [-0.39, 0.29) is 18.4 Å². The number of hydrogen-bond donors (Lipinski definition) is 2. The number of hydrogen-bond acceptors (Lipinski definition) is 4. The average Bonchev–Trinajstić information content (AvgIpc) is 2.74. The van der Waals surface area contributed by atoms with Crippen LogP contribution in [0.1, 0.15) is 27.6 Å². The van der Waals surface area contributed by atoms with Gasteiger partial charge in [0.2, 0.25) is 0 Å². The van der Waals surface area contributed by atoms with Crippen molar-refractivity contribution in [2.45, 2.75) is 6.92 Å². The van der Waals surface area contributed by atoms with Gasteiger partial charge in [0, 0.05) is 0 Å². The van der Waals surface area contributed by atoms with Crippen LogP contribution in [0.25, 0.3) is 0 Å². The average molecular weight is 300 g/mol. The first-order valence-corrected chi connectivity index (χ1v) is 6.78. The fourth-order valence-corrected chi connectivity index (χ4v) is 2.45. The Labute approximate surface area is 126 Å². The molecule has 0 spiro atoms. The first-order valence-electron chi connectivity index (χ1n) is 6.37.